The average molecular weight is 423 g/mol. The van der Waals surface area contributed by atoms with E-state index in [0.29, 0.717) is 10.7 Å². The minimum Gasteiger partial charge on any atom is -0.348 e. The lowest BCUT2D eigenvalue weighted by Gasteiger charge is -2.30. The van der Waals surface area contributed by atoms with Gasteiger partial charge in [-0.15, -0.1) is 0 Å². The molecule has 0 aliphatic carbocycles. The minimum absolute atomic E-state index is 0.252. The zero-order chi connectivity index (χ0) is 21.2. The van der Waals surface area contributed by atoms with E-state index in [1.54, 1.807) is 32.0 Å². The van der Waals surface area contributed by atoms with Crippen LogP contribution in [0.3, 0.4) is 0 Å². The third-order valence-electron chi connectivity index (χ3n) is 4.75. The van der Waals surface area contributed by atoms with E-state index < -0.39 is 16.1 Å². The fraction of sp³-hybridized carbons (Fsp3) is 0.381. The van der Waals surface area contributed by atoms with E-state index in [1.165, 1.54) is 0 Å². The van der Waals surface area contributed by atoms with Crippen molar-refractivity contribution < 1.29 is 13.2 Å². The number of hydrogen-bond acceptors (Lipinski definition) is 3. The van der Waals surface area contributed by atoms with E-state index >= 15 is 0 Å². The van der Waals surface area contributed by atoms with Gasteiger partial charge in [-0.3, -0.25) is 9.10 Å². The fourth-order valence-corrected chi connectivity index (χ4v) is 4.71. The molecule has 0 spiro atoms. The van der Waals surface area contributed by atoms with Gasteiger partial charge >= 0.3 is 0 Å². The van der Waals surface area contributed by atoms with E-state index in [4.69, 9.17) is 11.6 Å². The van der Waals surface area contributed by atoms with Crippen molar-refractivity contribution in [2.45, 2.75) is 46.7 Å². The molecule has 2 atom stereocenters. The molecule has 2 rings (SSSR count). The molecule has 5 nitrogen and oxygen atoms in total. The monoisotopic (exact) mass is 422 g/mol. The van der Waals surface area contributed by atoms with E-state index in [1.807, 2.05) is 32.9 Å². The minimum atomic E-state index is -3.70. The maximum absolute atomic E-state index is 12.9. The second-order valence-corrected chi connectivity index (χ2v) is 9.55. The molecule has 2 aromatic carbocycles. The summed E-state index contributed by atoms with van der Waals surface area (Å²) in [6.07, 6.45) is 1.09. The second-order valence-electron chi connectivity index (χ2n) is 7.26. The molecule has 0 heterocycles. The Balaban J connectivity index is 2.33. The van der Waals surface area contributed by atoms with E-state index in [0.717, 1.165) is 32.8 Å². The van der Waals surface area contributed by atoms with Gasteiger partial charge in [0.05, 0.1) is 18.0 Å². The van der Waals surface area contributed by atoms with Crippen LogP contribution < -0.4 is 9.62 Å². The largest absolute Gasteiger partial charge is 0.348 e. The van der Waals surface area contributed by atoms with Gasteiger partial charge in [-0.25, -0.2) is 8.42 Å². The Hall–Kier alpha value is -2.05. The van der Waals surface area contributed by atoms with Crippen molar-refractivity contribution in [3.8, 4) is 0 Å². The lowest BCUT2D eigenvalue weighted by Crippen LogP contribution is -2.48. The summed E-state index contributed by atoms with van der Waals surface area (Å²) in [4.78, 5) is 12.9. The van der Waals surface area contributed by atoms with Crippen LogP contribution in [0.4, 0.5) is 5.69 Å². The number of nitrogens with one attached hydrogen (secondary N) is 1. The van der Waals surface area contributed by atoms with Crippen LogP contribution in [-0.2, 0) is 14.8 Å². The highest BCUT2D eigenvalue weighted by Crippen LogP contribution is 2.28. The number of carbonyl (C=O) groups is 1. The van der Waals surface area contributed by atoms with Crippen LogP contribution >= 0.6 is 11.6 Å². The first-order valence-electron chi connectivity index (χ1n) is 9.05. The molecule has 1 N–H and O–H groups in total. The number of amides is 1. The molecule has 0 radical (unpaired) electrons. The van der Waals surface area contributed by atoms with E-state index in [9.17, 15) is 13.2 Å². The highest BCUT2D eigenvalue weighted by Gasteiger charge is 2.31. The first-order valence-corrected chi connectivity index (χ1v) is 11.3. The zero-order valence-corrected chi connectivity index (χ0v) is 18.6. The third-order valence-corrected chi connectivity index (χ3v) is 6.21. The normalized spacial score (nSPS) is 13.7. The van der Waals surface area contributed by atoms with E-state index in [2.05, 4.69) is 11.4 Å². The zero-order valence-electron chi connectivity index (χ0n) is 17.1. The molecule has 1 amide bonds. The molecule has 0 aromatic heterocycles. The number of aryl methyl sites for hydroxylation is 3. The molecule has 7 heteroatoms. The SMILES string of the molecule is Cc1ccc([C@@H](C)NC(=O)[C@H](C)N(c2cc(Cl)ccc2C)S(C)(=O)=O)c(C)c1. The lowest BCUT2D eigenvalue weighted by molar-refractivity contribution is -0.122. The quantitative estimate of drug-likeness (QED) is 0.754. The Labute approximate surface area is 172 Å². The number of carbonyl (C=O) groups excluding carboxylic acids is 1. The Bertz CT molecular complexity index is 989. The molecule has 0 unspecified atom stereocenters. The standard InChI is InChI=1S/C21H27ClN2O3S/c1-13-7-10-19(15(3)11-13)16(4)23-21(25)17(5)24(28(6,26)27)20-12-18(22)9-8-14(20)2/h7-12,16-17H,1-6H3,(H,23,25)/t16-,17+/m1/s1. The van der Waals surface area contributed by atoms with Crippen molar-refractivity contribution in [1.29, 1.82) is 0 Å². The van der Waals surface area contributed by atoms with Crippen LogP contribution in [0.2, 0.25) is 5.02 Å². The fourth-order valence-electron chi connectivity index (χ4n) is 3.32. The molecule has 0 bridgehead atoms. The summed E-state index contributed by atoms with van der Waals surface area (Å²) in [5, 5.41) is 3.34. The Morgan fingerprint density at radius 3 is 2.25 bits per heavy atom. The summed E-state index contributed by atoms with van der Waals surface area (Å²) < 4.78 is 26.1. The first kappa shape index (κ1) is 22.2. The summed E-state index contributed by atoms with van der Waals surface area (Å²) >= 11 is 6.07. The highest BCUT2D eigenvalue weighted by atomic mass is 35.5. The number of hydrogen-bond donors (Lipinski definition) is 1. The predicted molar refractivity (Wildman–Crippen MR) is 115 cm³/mol. The maximum atomic E-state index is 12.9. The maximum Gasteiger partial charge on any atom is 0.244 e. The third kappa shape index (κ3) is 5.06. The van der Waals surface area contributed by atoms with Gasteiger partial charge in [0.25, 0.3) is 0 Å². The van der Waals surface area contributed by atoms with Crippen molar-refractivity contribution >= 4 is 33.2 Å². The number of sulfonamides is 1. The number of halogens is 1. The molecule has 0 fully saturated rings. The van der Waals surface area contributed by atoms with Crippen LogP contribution in [0.5, 0.6) is 0 Å². The smallest absolute Gasteiger partial charge is 0.244 e. The Kier molecular flexibility index (Phi) is 6.78. The Morgan fingerprint density at radius 1 is 1.04 bits per heavy atom. The second kappa shape index (κ2) is 8.53. The topological polar surface area (TPSA) is 66.5 Å². The molecule has 28 heavy (non-hydrogen) atoms. The molecule has 2 aromatic rings. The van der Waals surface area contributed by atoms with E-state index in [-0.39, 0.29) is 11.9 Å². The van der Waals surface area contributed by atoms with Crippen molar-refractivity contribution in [2.75, 3.05) is 10.6 Å². The average Bonchev–Trinajstić information content (AvgIpc) is 2.56. The van der Waals surface area contributed by atoms with Gasteiger partial charge in [-0.05, 0) is 63.4 Å². The summed E-state index contributed by atoms with van der Waals surface area (Å²) in [6, 6.07) is 9.83. The predicted octanol–water partition coefficient (Wildman–Crippen LogP) is 4.30. The lowest BCUT2D eigenvalue weighted by atomic mass is 10.00. The van der Waals surface area contributed by atoms with Gasteiger partial charge in [0.15, 0.2) is 0 Å². The summed E-state index contributed by atoms with van der Waals surface area (Å²) in [6.45, 7) is 9.25. The molecule has 0 saturated heterocycles. The van der Waals surface area contributed by atoms with Crippen molar-refractivity contribution in [1.82, 2.24) is 5.32 Å². The molecule has 0 aliphatic heterocycles. The summed E-state index contributed by atoms with van der Waals surface area (Å²) in [5.74, 6) is -0.378. The van der Waals surface area contributed by atoms with Gasteiger partial charge in [0.2, 0.25) is 15.9 Å². The van der Waals surface area contributed by atoms with Gasteiger partial charge in [-0.1, -0.05) is 41.4 Å². The highest BCUT2D eigenvalue weighted by molar-refractivity contribution is 7.92. The number of anilines is 1. The van der Waals surface area contributed by atoms with Gasteiger partial charge in [-0.2, -0.15) is 0 Å². The van der Waals surface area contributed by atoms with Crippen LogP contribution in [-0.4, -0.2) is 26.6 Å². The molecular weight excluding hydrogens is 396 g/mol. The van der Waals surface area contributed by atoms with Gasteiger partial charge < -0.3 is 5.32 Å². The van der Waals surface area contributed by atoms with Crippen LogP contribution in [0, 0.1) is 20.8 Å². The molecular formula is C21H27ClN2O3S. The number of rotatable bonds is 6. The van der Waals surface area contributed by atoms with Crippen molar-refractivity contribution in [3.05, 3.63) is 63.7 Å². The van der Waals surface area contributed by atoms with Gasteiger partial charge in [0, 0.05) is 5.02 Å². The van der Waals surface area contributed by atoms with Crippen LogP contribution in [0.15, 0.2) is 36.4 Å². The number of nitrogens with zero attached hydrogens (tertiary/aromatic N) is 1. The summed E-state index contributed by atoms with van der Waals surface area (Å²) in [7, 11) is -3.70. The van der Waals surface area contributed by atoms with Gasteiger partial charge in [0.1, 0.15) is 6.04 Å². The first-order chi connectivity index (χ1) is 12.9. The summed E-state index contributed by atoms with van der Waals surface area (Å²) in [5.41, 5.74) is 4.34. The van der Waals surface area contributed by atoms with Crippen molar-refractivity contribution in [2.24, 2.45) is 0 Å². The number of benzene rings is 2. The van der Waals surface area contributed by atoms with Crippen LogP contribution in [0.1, 0.15) is 42.1 Å². The van der Waals surface area contributed by atoms with Crippen molar-refractivity contribution in [3.63, 3.8) is 0 Å². The molecule has 152 valence electrons. The molecule has 0 aliphatic rings. The molecule has 0 saturated carbocycles. The van der Waals surface area contributed by atoms with Crippen LogP contribution in [0.25, 0.3) is 0 Å². The Morgan fingerprint density at radius 2 is 1.68 bits per heavy atom.